The molecule has 3 nitrogen and oxygen atoms in total. The van der Waals surface area contributed by atoms with Crippen LogP contribution >= 0.6 is 0 Å². The fourth-order valence-electron chi connectivity index (χ4n) is 1.43. The van der Waals surface area contributed by atoms with Crippen LogP contribution in [0.1, 0.15) is 50.8 Å². The van der Waals surface area contributed by atoms with Crippen LogP contribution in [0.5, 0.6) is 0 Å². The number of hydrogen-bond acceptors (Lipinski definition) is 3. The van der Waals surface area contributed by atoms with Crippen molar-refractivity contribution < 1.29 is 0 Å². The quantitative estimate of drug-likeness (QED) is 0.824. The van der Waals surface area contributed by atoms with Gasteiger partial charge in [0.25, 0.3) is 0 Å². The Bertz CT molecular complexity index is 332. The van der Waals surface area contributed by atoms with E-state index < -0.39 is 5.54 Å². The van der Waals surface area contributed by atoms with Crippen molar-refractivity contribution in [3.05, 3.63) is 23.3 Å². The number of aryl methyl sites for hydroxylation is 2. The highest BCUT2D eigenvalue weighted by Crippen LogP contribution is 2.18. The smallest absolute Gasteiger partial charge is 0.148 e. The topological polar surface area (TPSA) is 51.8 Å². The van der Waals surface area contributed by atoms with Crippen molar-refractivity contribution in [2.24, 2.45) is 5.73 Å². The molecule has 2 N–H and O–H groups in total. The summed E-state index contributed by atoms with van der Waals surface area (Å²) >= 11 is 0. The summed E-state index contributed by atoms with van der Waals surface area (Å²) in [6, 6.07) is 2.04. The molecule has 0 fully saturated rings. The van der Waals surface area contributed by atoms with Crippen molar-refractivity contribution in [1.82, 2.24) is 9.97 Å². The summed E-state index contributed by atoms with van der Waals surface area (Å²) in [5.41, 5.74) is 7.85. The fraction of sp³-hybridized carbons (Fsp3) is 0.667. The van der Waals surface area contributed by atoms with E-state index in [-0.39, 0.29) is 0 Å². The zero-order valence-corrected chi connectivity index (χ0v) is 10.2. The van der Waals surface area contributed by atoms with Gasteiger partial charge in [0, 0.05) is 11.4 Å². The summed E-state index contributed by atoms with van der Waals surface area (Å²) in [5, 5.41) is 0. The maximum Gasteiger partial charge on any atom is 0.148 e. The first kappa shape index (κ1) is 12.1. The van der Waals surface area contributed by atoms with Gasteiger partial charge < -0.3 is 5.73 Å². The molecule has 0 spiro atoms. The van der Waals surface area contributed by atoms with E-state index in [0.717, 1.165) is 36.5 Å². The predicted octanol–water partition coefficient (Wildman–Crippen LogP) is 2.32. The van der Waals surface area contributed by atoms with Crippen LogP contribution in [0.25, 0.3) is 0 Å². The molecule has 0 aromatic carbocycles. The summed E-state index contributed by atoms with van der Waals surface area (Å²) in [4.78, 5) is 8.95. The maximum atomic E-state index is 6.15. The molecule has 1 rings (SSSR count). The minimum Gasteiger partial charge on any atom is -0.319 e. The predicted molar refractivity (Wildman–Crippen MR) is 62.6 cm³/mol. The molecule has 1 unspecified atom stereocenters. The van der Waals surface area contributed by atoms with Gasteiger partial charge in [-0.15, -0.1) is 0 Å². The maximum absolute atomic E-state index is 6.15. The van der Waals surface area contributed by atoms with E-state index in [9.17, 15) is 0 Å². The van der Waals surface area contributed by atoms with Crippen LogP contribution in [-0.4, -0.2) is 9.97 Å². The molecule has 0 amide bonds. The van der Waals surface area contributed by atoms with Gasteiger partial charge in [0.2, 0.25) is 0 Å². The molecule has 0 aliphatic carbocycles. The summed E-state index contributed by atoms with van der Waals surface area (Å²) in [6.07, 6.45) is 2.95. The third-order valence-corrected chi connectivity index (χ3v) is 2.66. The van der Waals surface area contributed by atoms with E-state index in [1.165, 1.54) is 0 Å². The van der Waals surface area contributed by atoms with Crippen LogP contribution in [-0.2, 0) is 12.0 Å². The van der Waals surface area contributed by atoms with Crippen LogP contribution in [0.2, 0.25) is 0 Å². The zero-order valence-electron chi connectivity index (χ0n) is 10.2. The summed E-state index contributed by atoms with van der Waals surface area (Å²) in [6.45, 7) is 8.19. The number of nitrogens with two attached hydrogens (primary N) is 1. The second kappa shape index (κ2) is 4.71. The first-order valence-corrected chi connectivity index (χ1v) is 5.63. The van der Waals surface area contributed by atoms with Crippen LogP contribution < -0.4 is 5.73 Å². The SMILES string of the molecule is CCCc1cc(C)nc(C(C)(N)CC)n1. The Balaban J connectivity index is 3.08. The minimum absolute atomic E-state index is 0.408. The van der Waals surface area contributed by atoms with Crippen LogP contribution in [0, 0.1) is 6.92 Å². The van der Waals surface area contributed by atoms with E-state index >= 15 is 0 Å². The Morgan fingerprint density at radius 3 is 2.53 bits per heavy atom. The van der Waals surface area contributed by atoms with Crippen molar-refractivity contribution >= 4 is 0 Å². The van der Waals surface area contributed by atoms with Crippen LogP contribution in [0.3, 0.4) is 0 Å². The van der Waals surface area contributed by atoms with Crippen LogP contribution in [0.4, 0.5) is 0 Å². The van der Waals surface area contributed by atoms with Gasteiger partial charge in [-0.25, -0.2) is 9.97 Å². The van der Waals surface area contributed by atoms with Gasteiger partial charge >= 0.3 is 0 Å². The molecule has 0 aliphatic rings. The molecule has 3 heteroatoms. The third-order valence-electron chi connectivity index (χ3n) is 2.66. The van der Waals surface area contributed by atoms with Crippen LogP contribution in [0.15, 0.2) is 6.07 Å². The molecule has 0 bridgehead atoms. The first-order valence-electron chi connectivity index (χ1n) is 5.63. The summed E-state index contributed by atoms with van der Waals surface area (Å²) in [7, 11) is 0. The average Bonchev–Trinajstić information content (AvgIpc) is 2.17. The second-order valence-electron chi connectivity index (χ2n) is 4.35. The Kier molecular flexibility index (Phi) is 3.80. The molecule has 1 atom stereocenters. The molecule has 0 radical (unpaired) electrons. The molecule has 1 aromatic rings. The van der Waals surface area contributed by atoms with Gasteiger partial charge in [-0.1, -0.05) is 20.3 Å². The van der Waals surface area contributed by atoms with E-state index in [1.54, 1.807) is 0 Å². The number of rotatable bonds is 4. The first-order chi connectivity index (χ1) is 6.99. The van der Waals surface area contributed by atoms with Gasteiger partial charge in [-0.05, 0) is 32.8 Å². The van der Waals surface area contributed by atoms with E-state index in [2.05, 4.69) is 23.8 Å². The van der Waals surface area contributed by atoms with Crippen molar-refractivity contribution in [3.63, 3.8) is 0 Å². The molecule has 0 saturated heterocycles. The van der Waals surface area contributed by atoms with Crippen molar-refractivity contribution in [2.75, 3.05) is 0 Å². The summed E-state index contributed by atoms with van der Waals surface area (Å²) in [5.74, 6) is 0.772. The number of hydrogen-bond donors (Lipinski definition) is 1. The zero-order chi connectivity index (χ0) is 11.5. The largest absolute Gasteiger partial charge is 0.319 e. The molecule has 1 aromatic heterocycles. The lowest BCUT2D eigenvalue weighted by Crippen LogP contribution is -2.34. The standard InChI is InChI=1S/C12H21N3/c1-5-7-10-8-9(3)14-11(15-10)12(4,13)6-2/h8H,5-7,13H2,1-4H3. The highest BCUT2D eigenvalue weighted by Gasteiger charge is 2.22. The molecule has 0 saturated carbocycles. The second-order valence-corrected chi connectivity index (χ2v) is 4.35. The van der Waals surface area contributed by atoms with Crippen molar-refractivity contribution in [2.45, 2.75) is 52.5 Å². The van der Waals surface area contributed by atoms with E-state index in [4.69, 9.17) is 5.73 Å². The Morgan fingerprint density at radius 1 is 1.33 bits per heavy atom. The van der Waals surface area contributed by atoms with Crippen molar-refractivity contribution in [1.29, 1.82) is 0 Å². The lowest BCUT2D eigenvalue weighted by Gasteiger charge is -2.21. The minimum atomic E-state index is -0.408. The normalized spacial score (nSPS) is 15.0. The van der Waals surface area contributed by atoms with E-state index in [1.807, 2.05) is 19.9 Å². The average molecular weight is 207 g/mol. The number of aromatic nitrogens is 2. The Morgan fingerprint density at radius 2 is 2.00 bits per heavy atom. The number of nitrogens with zero attached hydrogens (tertiary/aromatic N) is 2. The molecule has 1 heterocycles. The van der Waals surface area contributed by atoms with E-state index in [0.29, 0.717) is 0 Å². The Hall–Kier alpha value is -0.960. The molecule has 0 aliphatic heterocycles. The lowest BCUT2D eigenvalue weighted by atomic mass is 9.99. The molecular formula is C12H21N3. The summed E-state index contributed by atoms with van der Waals surface area (Å²) < 4.78 is 0. The fourth-order valence-corrected chi connectivity index (χ4v) is 1.43. The van der Waals surface area contributed by atoms with Gasteiger partial charge in [0.1, 0.15) is 5.82 Å². The van der Waals surface area contributed by atoms with Gasteiger partial charge in [-0.2, -0.15) is 0 Å². The van der Waals surface area contributed by atoms with Crippen molar-refractivity contribution in [3.8, 4) is 0 Å². The lowest BCUT2D eigenvalue weighted by molar-refractivity contribution is 0.442. The molecule has 84 valence electrons. The molecule has 15 heavy (non-hydrogen) atoms. The van der Waals surface area contributed by atoms with Gasteiger partial charge in [0.15, 0.2) is 0 Å². The monoisotopic (exact) mass is 207 g/mol. The third kappa shape index (κ3) is 2.99. The van der Waals surface area contributed by atoms with Gasteiger partial charge in [0.05, 0.1) is 5.54 Å². The Labute approximate surface area is 92.1 Å². The van der Waals surface area contributed by atoms with Gasteiger partial charge in [-0.3, -0.25) is 0 Å². The molecular weight excluding hydrogens is 186 g/mol. The highest BCUT2D eigenvalue weighted by molar-refractivity contribution is 5.14. The highest BCUT2D eigenvalue weighted by atomic mass is 15.0.